The molecule has 1 heterocycles. The number of benzene rings is 1. The molecule has 1 unspecified atom stereocenters. The molecule has 0 bridgehead atoms. The molecule has 2 fully saturated rings. The second-order valence-electron chi connectivity index (χ2n) is 7.32. The highest BCUT2D eigenvalue weighted by atomic mass is 35.5. The lowest BCUT2D eigenvalue weighted by Crippen LogP contribution is -2.60. The van der Waals surface area contributed by atoms with E-state index >= 15 is 0 Å². The van der Waals surface area contributed by atoms with E-state index in [9.17, 15) is 9.18 Å². The lowest BCUT2D eigenvalue weighted by atomic mass is 9.79. The third-order valence-corrected chi connectivity index (χ3v) is 5.55. The second-order valence-corrected chi connectivity index (χ2v) is 7.32. The summed E-state index contributed by atoms with van der Waals surface area (Å²) < 4.78 is 24.1. The third-order valence-electron chi connectivity index (χ3n) is 5.55. The van der Waals surface area contributed by atoms with Crippen molar-refractivity contribution in [3.05, 3.63) is 30.1 Å². The fourth-order valence-corrected chi connectivity index (χ4v) is 4.02. The minimum absolute atomic E-state index is 0. The van der Waals surface area contributed by atoms with Gasteiger partial charge in [-0.05, 0) is 44.0 Å². The van der Waals surface area contributed by atoms with Crippen LogP contribution in [0.1, 0.15) is 39.0 Å². The van der Waals surface area contributed by atoms with Crippen LogP contribution in [0, 0.1) is 5.82 Å². The Morgan fingerprint density at radius 3 is 2.48 bits per heavy atom. The van der Waals surface area contributed by atoms with Crippen LogP contribution in [-0.2, 0) is 9.53 Å². The molecule has 1 N–H and O–H groups in total. The molecule has 3 rings (SSSR count). The molecule has 1 amide bonds. The van der Waals surface area contributed by atoms with Crippen LogP contribution in [0.4, 0.5) is 4.39 Å². The van der Waals surface area contributed by atoms with Crippen molar-refractivity contribution >= 4 is 18.3 Å². The summed E-state index contributed by atoms with van der Waals surface area (Å²) in [6, 6.07) is 5.73. The van der Waals surface area contributed by atoms with Gasteiger partial charge in [0.1, 0.15) is 11.6 Å². The SMILES string of the molecule is CC(Oc1ccc(F)cc1)C(=O)NCC1(N2CCOCC2)CCCCC1.Cl. The van der Waals surface area contributed by atoms with E-state index in [2.05, 4.69) is 10.2 Å². The minimum Gasteiger partial charge on any atom is -0.481 e. The predicted octanol–water partition coefficient (Wildman–Crippen LogP) is 3.17. The molecule has 0 spiro atoms. The fraction of sp³-hybridized carbons (Fsp3) is 0.650. The molecular weight excluding hydrogens is 371 g/mol. The summed E-state index contributed by atoms with van der Waals surface area (Å²) in [6.45, 7) is 5.75. The molecular formula is C20H30ClFN2O3. The van der Waals surface area contributed by atoms with Crippen LogP contribution < -0.4 is 10.1 Å². The molecule has 1 saturated carbocycles. The molecule has 5 nitrogen and oxygen atoms in total. The highest BCUT2D eigenvalue weighted by molar-refractivity contribution is 5.85. The largest absolute Gasteiger partial charge is 0.481 e. The quantitative estimate of drug-likeness (QED) is 0.796. The number of nitrogens with zero attached hydrogens (tertiary/aromatic N) is 1. The number of carbonyl (C=O) groups excluding carboxylic acids is 1. The Balaban J connectivity index is 0.00000261. The summed E-state index contributed by atoms with van der Waals surface area (Å²) in [4.78, 5) is 15.0. The molecule has 27 heavy (non-hydrogen) atoms. The third kappa shape index (κ3) is 5.80. The van der Waals surface area contributed by atoms with E-state index in [1.807, 2.05) is 0 Å². The van der Waals surface area contributed by atoms with Gasteiger partial charge >= 0.3 is 0 Å². The summed E-state index contributed by atoms with van der Waals surface area (Å²) >= 11 is 0. The maximum absolute atomic E-state index is 13.0. The number of halogens is 2. The van der Waals surface area contributed by atoms with E-state index < -0.39 is 6.10 Å². The zero-order valence-electron chi connectivity index (χ0n) is 15.9. The van der Waals surface area contributed by atoms with Crippen molar-refractivity contribution < 1.29 is 18.7 Å². The van der Waals surface area contributed by atoms with Crippen molar-refractivity contribution in [3.8, 4) is 5.75 Å². The molecule has 152 valence electrons. The summed E-state index contributed by atoms with van der Waals surface area (Å²) in [7, 11) is 0. The van der Waals surface area contributed by atoms with E-state index in [0.717, 1.165) is 39.1 Å². The number of rotatable bonds is 6. The minimum atomic E-state index is -0.620. The van der Waals surface area contributed by atoms with Crippen molar-refractivity contribution in [3.63, 3.8) is 0 Å². The first kappa shape index (κ1) is 21.9. The van der Waals surface area contributed by atoms with Gasteiger partial charge in [-0.25, -0.2) is 4.39 Å². The van der Waals surface area contributed by atoms with Gasteiger partial charge in [-0.2, -0.15) is 0 Å². The molecule has 1 saturated heterocycles. The number of carbonyl (C=O) groups is 1. The zero-order valence-corrected chi connectivity index (χ0v) is 16.7. The molecule has 1 aromatic carbocycles. The number of nitrogens with one attached hydrogen (secondary N) is 1. The van der Waals surface area contributed by atoms with E-state index in [1.165, 1.54) is 43.5 Å². The van der Waals surface area contributed by atoms with E-state index in [1.54, 1.807) is 6.92 Å². The summed E-state index contributed by atoms with van der Waals surface area (Å²) in [5.41, 5.74) is 0.0350. The number of amides is 1. The highest BCUT2D eigenvalue weighted by Gasteiger charge is 2.39. The first-order valence-electron chi connectivity index (χ1n) is 9.62. The number of morpholine rings is 1. The molecule has 1 atom stereocenters. The van der Waals surface area contributed by atoms with Crippen molar-refractivity contribution in [1.82, 2.24) is 10.2 Å². The Morgan fingerprint density at radius 2 is 1.85 bits per heavy atom. The summed E-state index contributed by atoms with van der Waals surface area (Å²) in [6.07, 6.45) is 5.28. The Morgan fingerprint density at radius 1 is 1.22 bits per heavy atom. The summed E-state index contributed by atoms with van der Waals surface area (Å²) in [5, 5.41) is 3.10. The van der Waals surface area contributed by atoms with Gasteiger partial charge in [0.15, 0.2) is 6.10 Å². The van der Waals surface area contributed by atoms with Gasteiger partial charge in [0.2, 0.25) is 0 Å². The van der Waals surface area contributed by atoms with Crippen LogP contribution in [0.5, 0.6) is 5.75 Å². The maximum atomic E-state index is 13.0. The van der Waals surface area contributed by atoms with E-state index in [4.69, 9.17) is 9.47 Å². The molecule has 7 heteroatoms. The van der Waals surface area contributed by atoms with Gasteiger partial charge in [-0.1, -0.05) is 19.3 Å². The molecule has 1 aromatic rings. The van der Waals surface area contributed by atoms with Gasteiger partial charge in [-0.3, -0.25) is 9.69 Å². The number of hydrogen-bond acceptors (Lipinski definition) is 4. The topological polar surface area (TPSA) is 50.8 Å². The van der Waals surface area contributed by atoms with Crippen LogP contribution in [-0.4, -0.2) is 55.3 Å². The standard InChI is InChI=1S/C20H29FN2O3.ClH/c1-16(26-18-7-5-17(21)6-8-18)19(24)22-15-20(9-3-2-4-10-20)23-11-13-25-14-12-23;/h5-8,16H,2-4,9-15H2,1H3,(H,22,24);1H. The monoisotopic (exact) mass is 400 g/mol. The molecule has 0 aromatic heterocycles. The van der Waals surface area contributed by atoms with Gasteiger partial charge in [0.25, 0.3) is 5.91 Å². The van der Waals surface area contributed by atoms with Crippen LogP contribution in [0.2, 0.25) is 0 Å². The normalized spacial score (nSPS) is 21.0. The molecule has 0 radical (unpaired) electrons. The average molecular weight is 401 g/mol. The van der Waals surface area contributed by atoms with Gasteiger partial charge in [0.05, 0.1) is 13.2 Å². The molecule has 1 aliphatic heterocycles. The Kier molecular flexibility index (Phi) is 8.32. The predicted molar refractivity (Wildman–Crippen MR) is 105 cm³/mol. The van der Waals surface area contributed by atoms with Crippen LogP contribution in [0.15, 0.2) is 24.3 Å². The zero-order chi connectivity index (χ0) is 18.4. The second kappa shape index (κ2) is 10.2. The first-order valence-corrected chi connectivity index (χ1v) is 9.62. The van der Waals surface area contributed by atoms with Crippen molar-refractivity contribution in [2.24, 2.45) is 0 Å². The van der Waals surface area contributed by atoms with E-state index in [-0.39, 0.29) is 29.7 Å². The Hall–Kier alpha value is -1.37. The van der Waals surface area contributed by atoms with Crippen LogP contribution in [0.25, 0.3) is 0 Å². The van der Waals surface area contributed by atoms with Gasteiger partial charge in [-0.15, -0.1) is 12.4 Å². The van der Waals surface area contributed by atoms with Crippen molar-refractivity contribution in [2.75, 3.05) is 32.8 Å². The van der Waals surface area contributed by atoms with E-state index in [0.29, 0.717) is 12.3 Å². The molecule has 2 aliphatic rings. The summed E-state index contributed by atoms with van der Waals surface area (Å²) in [5.74, 6) is 0.0429. The average Bonchev–Trinajstić information content (AvgIpc) is 2.69. The first-order chi connectivity index (χ1) is 12.6. The fourth-order valence-electron chi connectivity index (χ4n) is 4.02. The maximum Gasteiger partial charge on any atom is 0.260 e. The van der Waals surface area contributed by atoms with Crippen LogP contribution in [0.3, 0.4) is 0 Å². The number of ether oxygens (including phenoxy) is 2. The Bertz CT molecular complexity index is 587. The smallest absolute Gasteiger partial charge is 0.260 e. The molecule has 1 aliphatic carbocycles. The lowest BCUT2D eigenvalue weighted by molar-refractivity contribution is -0.128. The van der Waals surface area contributed by atoms with Crippen molar-refractivity contribution in [2.45, 2.75) is 50.7 Å². The number of hydrogen-bond donors (Lipinski definition) is 1. The van der Waals surface area contributed by atoms with Crippen molar-refractivity contribution in [1.29, 1.82) is 0 Å². The van der Waals surface area contributed by atoms with Gasteiger partial charge in [0, 0.05) is 25.2 Å². The lowest BCUT2D eigenvalue weighted by Gasteiger charge is -2.48. The highest BCUT2D eigenvalue weighted by Crippen LogP contribution is 2.33. The Labute approximate surface area is 167 Å². The van der Waals surface area contributed by atoms with Gasteiger partial charge < -0.3 is 14.8 Å². The van der Waals surface area contributed by atoms with Crippen LogP contribution >= 0.6 is 12.4 Å².